The fourth-order valence-corrected chi connectivity index (χ4v) is 3.22. The Labute approximate surface area is 151 Å². The molecule has 1 heterocycles. The first kappa shape index (κ1) is 17.6. The molecule has 26 heavy (non-hydrogen) atoms. The van der Waals surface area contributed by atoms with Crippen LogP contribution in [-0.4, -0.2) is 16.8 Å². The third kappa shape index (κ3) is 3.72. The molecule has 0 aromatic heterocycles. The summed E-state index contributed by atoms with van der Waals surface area (Å²) in [5.74, 6) is -1.76. The van der Waals surface area contributed by atoms with Crippen LogP contribution < -0.4 is 10.1 Å². The maximum Gasteiger partial charge on any atom is 0.312 e. The summed E-state index contributed by atoms with van der Waals surface area (Å²) < 4.78 is 18.0. The molecule has 0 saturated carbocycles. The van der Waals surface area contributed by atoms with Gasteiger partial charge in [0.1, 0.15) is 5.82 Å². The summed E-state index contributed by atoms with van der Waals surface area (Å²) in [7, 11) is 0. The van der Waals surface area contributed by atoms with Gasteiger partial charge in [0.05, 0.1) is 15.5 Å². The predicted molar refractivity (Wildman–Crippen MR) is 93.3 cm³/mol. The Morgan fingerprint density at radius 1 is 1.31 bits per heavy atom. The number of carbonyl (C=O) groups excluding carboxylic acids is 2. The van der Waals surface area contributed by atoms with Crippen LogP contribution >= 0.6 is 11.8 Å². The van der Waals surface area contributed by atoms with Crippen molar-refractivity contribution in [2.45, 2.75) is 11.8 Å². The van der Waals surface area contributed by atoms with Crippen molar-refractivity contribution in [1.82, 2.24) is 0 Å². The lowest BCUT2D eigenvalue weighted by Crippen LogP contribution is -2.17. The van der Waals surface area contributed by atoms with E-state index in [-0.39, 0.29) is 5.75 Å². The number of amides is 1. The molecule has 0 spiro atoms. The SMILES string of the molecule is CC(=O)Oc1ccc(/C=C2\Sc3ccc(F)cc3NC2=O)cc1[N+](=O)[O-]. The van der Waals surface area contributed by atoms with E-state index in [1.807, 2.05) is 0 Å². The number of thioether (sulfide) groups is 1. The first-order valence-electron chi connectivity index (χ1n) is 7.31. The Hall–Kier alpha value is -3.20. The van der Waals surface area contributed by atoms with Gasteiger partial charge < -0.3 is 10.1 Å². The summed E-state index contributed by atoms with van der Waals surface area (Å²) in [6, 6.07) is 8.02. The number of carbonyl (C=O) groups is 2. The Morgan fingerprint density at radius 2 is 2.08 bits per heavy atom. The largest absolute Gasteiger partial charge is 0.419 e. The zero-order valence-corrected chi connectivity index (χ0v) is 14.1. The van der Waals surface area contributed by atoms with Gasteiger partial charge in [-0.15, -0.1) is 0 Å². The van der Waals surface area contributed by atoms with Crippen molar-refractivity contribution in [1.29, 1.82) is 0 Å². The number of halogens is 1. The number of hydrogen-bond acceptors (Lipinski definition) is 6. The van der Waals surface area contributed by atoms with Crippen molar-refractivity contribution in [2.24, 2.45) is 0 Å². The van der Waals surface area contributed by atoms with E-state index in [0.29, 0.717) is 21.1 Å². The molecule has 9 heteroatoms. The minimum absolute atomic E-state index is 0.175. The van der Waals surface area contributed by atoms with E-state index >= 15 is 0 Å². The second kappa shape index (κ2) is 6.96. The lowest BCUT2D eigenvalue weighted by atomic mass is 10.1. The molecule has 0 saturated heterocycles. The molecule has 1 amide bonds. The van der Waals surface area contributed by atoms with E-state index in [1.165, 1.54) is 42.5 Å². The smallest absolute Gasteiger partial charge is 0.312 e. The number of nitrogens with zero attached hydrogens (tertiary/aromatic N) is 1. The molecule has 1 N–H and O–H groups in total. The van der Waals surface area contributed by atoms with E-state index in [1.54, 1.807) is 0 Å². The van der Waals surface area contributed by atoms with Crippen LogP contribution in [0.5, 0.6) is 5.75 Å². The van der Waals surface area contributed by atoms with Gasteiger partial charge in [0, 0.05) is 17.9 Å². The quantitative estimate of drug-likeness (QED) is 0.289. The summed E-state index contributed by atoms with van der Waals surface area (Å²) in [5, 5.41) is 13.8. The van der Waals surface area contributed by atoms with Crippen molar-refractivity contribution in [3.63, 3.8) is 0 Å². The molecule has 1 aliphatic heterocycles. The fraction of sp³-hybridized carbons (Fsp3) is 0.0588. The standard InChI is InChI=1S/C17H11FN2O5S/c1-9(21)25-14-4-2-10(6-13(14)20(23)24)7-16-17(22)19-12-8-11(18)3-5-15(12)26-16/h2-8H,1H3,(H,19,22)/b16-7-. The number of fused-ring (bicyclic) bond motifs is 1. The number of nitro groups is 1. The van der Waals surface area contributed by atoms with Gasteiger partial charge in [-0.05, 0) is 35.9 Å². The summed E-state index contributed by atoms with van der Waals surface area (Å²) in [5.41, 5.74) is 0.363. The van der Waals surface area contributed by atoms with Crippen LogP contribution in [0.1, 0.15) is 12.5 Å². The Morgan fingerprint density at radius 3 is 2.77 bits per heavy atom. The molecule has 2 aromatic rings. The van der Waals surface area contributed by atoms with Crippen molar-refractivity contribution in [2.75, 3.05) is 5.32 Å². The molecule has 0 unspecified atom stereocenters. The van der Waals surface area contributed by atoms with Crippen LogP contribution in [-0.2, 0) is 9.59 Å². The number of ether oxygens (including phenoxy) is 1. The van der Waals surface area contributed by atoms with E-state index < -0.39 is 28.3 Å². The predicted octanol–water partition coefficient (Wildman–Crippen LogP) is 3.74. The first-order chi connectivity index (χ1) is 12.3. The van der Waals surface area contributed by atoms with Crippen LogP contribution in [0, 0.1) is 15.9 Å². The molecule has 2 aromatic carbocycles. The Balaban J connectivity index is 1.95. The average Bonchev–Trinajstić information content (AvgIpc) is 2.56. The molecule has 0 fully saturated rings. The van der Waals surface area contributed by atoms with Gasteiger partial charge in [0.15, 0.2) is 0 Å². The van der Waals surface area contributed by atoms with Gasteiger partial charge in [-0.2, -0.15) is 0 Å². The van der Waals surface area contributed by atoms with Gasteiger partial charge in [0.25, 0.3) is 5.91 Å². The highest BCUT2D eigenvalue weighted by molar-refractivity contribution is 8.04. The number of rotatable bonds is 3. The zero-order valence-electron chi connectivity index (χ0n) is 13.3. The molecule has 0 bridgehead atoms. The van der Waals surface area contributed by atoms with Crippen molar-refractivity contribution < 1.29 is 23.6 Å². The number of anilines is 1. The molecule has 1 aliphatic rings. The molecule has 132 valence electrons. The maximum atomic E-state index is 13.2. The van der Waals surface area contributed by atoms with Crippen molar-refractivity contribution in [3.05, 3.63) is 62.8 Å². The van der Waals surface area contributed by atoms with Crippen molar-refractivity contribution in [3.8, 4) is 5.75 Å². The van der Waals surface area contributed by atoms with Crippen LogP contribution in [0.4, 0.5) is 15.8 Å². The second-order valence-corrected chi connectivity index (χ2v) is 6.37. The first-order valence-corrected chi connectivity index (χ1v) is 8.12. The van der Waals surface area contributed by atoms with Gasteiger partial charge in [0.2, 0.25) is 5.75 Å². The average molecular weight is 374 g/mol. The molecular formula is C17H11FN2O5S. The third-order valence-corrected chi connectivity index (χ3v) is 4.46. The van der Waals surface area contributed by atoms with Crippen molar-refractivity contribution >= 4 is 41.1 Å². The van der Waals surface area contributed by atoms with E-state index in [4.69, 9.17) is 4.74 Å². The van der Waals surface area contributed by atoms with Crippen LogP contribution in [0.3, 0.4) is 0 Å². The Bertz CT molecular complexity index is 974. The molecular weight excluding hydrogens is 363 g/mol. The zero-order chi connectivity index (χ0) is 18.8. The number of hydrogen-bond donors (Lipinski definition) is 1. The summed E-state index contributed by atoms with van der Waals surface area (Å²) in [4.78, 5) is 34.7. The normalized spacial score (nSPS) is 14.5. The monoisotopic (exact) mass is 374 g/mol. The summed E-state index contributed by atoms with van der Waals surface area (Å²) >= 11 is 1.12. The van der Waals surface area contributed by atoms with Gasteiger partial charge in [-0.1, -0.05) is 17.8 Å². The topological polar surface area (TPSA) is 98.5 Å². The second-order valence-electron chi connectivity index (χ2n) is 5.28. The number of nitro benzene ring substituents is 1. The Kier molecular flexibility index (Phi) is 4.72. The lowest BCUT2D eigenvalue weighted by Gasteiger charge is -2.18. The molecule has 0 atom stereocenters. The highest BCUT2D eigenvalue weighted by atomic mass is 32.2. The minimum Gasteiger partial charge on any atom is -0.419 e. The number of benzene rings is 2. The lowest BCUT2D eigenvalue weighted by molar-refractivity contribution is -0.385. The van der Waals surface area contributed by atoms with Gasteiger partial charge in [-0.25, -0.2) is 4.39 Å². The molecule has 3 rings (SSSR count). The molecule has 0 aliphatic carbocycles. The number of nitrogens with one attached hydrogen (secondary N) is 1. The van der Waals surface area contributed by atoms with Crippen LogP contribution in [0.25, 0.3) is 6.08 Å². The molecule has 7 nitrogen and oxygen atoms in total. The highest BCUT2D eigenvalue weighted by Gasteiger charge is 2.22. The molecule has 0 radical (unpaired) electrons. The number of esters is 1. The van der Waals surface area contributed by atoms with E-state index in [9.17, 15) is 24.1 Å². The maximum absolute atomic E-state index is 13.2. The van der Waals surface area contributed by atoms with Crippen LogP contribution in [0.2, 0.25) is 0 Å². The minimum atomic E-state index is -0.676. The third-order valence-electron chi connectivity index (χ3n) is 3.36. The van der Waals surface area contributed by atoms with Gasteiger partial charge >= 0.3 is 11.7 Å². The summed E-state index contributed by atoms with van der Waals surface area (Å²) in [6.07, 6.45) is 1.47. The van der Waals surface area contributed by atoms with Gasteiger partial charge in [-0.3, -0.25) is 19.7 Å². The van der Waals surface area contributed by atoms with E-state index in [0.717, 1.165) is 18.7 Å². The highest BCUT2D eigenvalue weighted by Crippen LogP contribution is 2.39. The van der Waals surface area contributed by atoms with E-state index in [2.05, 4.69) is 5.32 Å². The van der Waals surface area contributed by atoms with Crippen LogP contribution in [0.15, 0.2) is 46.2 Å². The fourth-order valence-electron chi connectivity index (χ4n) is 2.29. The summed E-state index contributed by atoms with van der Waals surface area (Å²) in [6.45, 7) is 1.14.